The zero-order chi connectivity index (χ0) is 20.3. The molecular weight excluding hydrogens is 370 g/mol. The lowest BCUT2D eigenvalue weighted by Gasteiger charge is -2.21. The number of aliphatic hydroxyl groups is 1. The average molecular weight is 391 g/mol. The van der Waals surface area contributed by atoms with Gasteiger partial charge in [-0.15, -0.1) is 0 Å². The molecule has 0 amide bonds. The van der Waals surface area contributed by atoms with Crippen LogP contribution >= 0.6 is 0 Å². The molecule has 0 bridgehead atoms. The number of fused-ring (bicyclic) bond motifs is 4. The van der Waals surface area contributed by atoms with Crippen molar-refractivity contribution in [2.75, 3.05) is 5.73 Å². The van der Waals surface area contributed by atoms with Gasteiger partial charge < -0.3 is 20.1 Å². The van der Waals surface area contributed by atoms with Crippen LogP contribution in [0.5, 0.6) is 0 Å². The third kappa shape index (κ3) is 2.50. The first-order chi connectivity index (χ1) is 14.0. The Morgan fingerprint density at radius 3 is 2.86 bits per heavy atom. The van der Waals surface area contributed by atoms with Crippen molar-refractivity contribution < 1.29 is 14.6 Å². The second-order valence-electron chi connectivity index (χ2n) is 7.74. The minimum Gasteiger partial charge on any atom is -0.463 e. The number of anilines is 1. The van der Waals surface area contributed by atoms with Crippen LogP contribution in [0.25, 0.3) is 22.3 Å². The summed E-state index contributed by atoms with van der Waals surface area (Å²) in [5, 5.41) is 11.4. The van der Waals surface area contributed by atoms with Crippen molar-refractivity contribution in [1.29, 1.82) is 0 Å². The summed E-state index contributed by atoms with van der Waals surface area (Å²) in [5.41, 5.74) is 13.3. The van der Waals surface area contributed by atoms with Crippen molar-refractivity contribution in [2.45, 2.75) is 45.4 Å². The predicted molar refractivity (Wildman–Crippen MR) is 108 cm³/mol. The van der Waals surface area contributed by atoms with E-state index >= 15 is 0 Å². The Balaban J connectivity index is 1.79. The maximum Gasteiger partial charge on any atom is 0.293 e. The minimum absolute atomic E-state index is 0.165. The fraction of sp³-hybridized carbons (Fsp3) is 0.318. The van der Waals surface area contributed by atoms with Crippen LogP contribution in [0.3, 0.4) is 0 Å². The molecule has 3 aromatic rings. The molecule has 1 aliphatic heterocycles. The van der Waals surface area contributed by atoms with E-state index in [1.807, 2.05) is 12.1 Å². The van der Waals surface area contributed by atoms with Crippen LogP contribution in [0.4, 0.5) is 5.69 Å². The molecule has 1 unspecified atom stereocenters. The number of nitrogen functional groups attached to an aromatic ring is 1. The maximum atomic E-state index is 13.2. The molecule has 7 heteroatoms. The molecule has 0 radical (unpaired) electrons. The normalized spacial score (nSPS) is 15.1. The molecule has 0 fully saturated rings. The van der Waals surface area contributed by atoms with Gasteiger partial charge in [0.25, 0.3) is 12.0 Å². The lowest BCUT2D eigenvalue weighted by molar-refractivity contribution is -0.129. The summed E-state index contributed by atoms with van der Waals surface area (Å²) in [5.74, 6) is 0. The molecule has 0 spiro atoms. The number of hydrogen-bond acceptors (Lipinski definition) is 6. The van der Waals surface area contributed by atoms with Crippen molar-refractivity contribution in [2.24, 2.45) is 0 Å². The fourth-order valence-electron chi connectivity index (χ4n) is 4.79. The number of pyridine rings is 2. The van der Waals surface area contributed by atoms with Gasteiger partial charge in [-0.1, -0.05) is 0 Å². The molecule has 1 atom stereocenters. The van der Waals surface area contributed by atoms with Crippen LogP contribution in [0.1, 0.15) is 47.3 Å². The second kappa shape index (κ2) is 6.42. The smallest absolute Gasteiger partial charge is 0.293 e. The summed E-state index contributed by atoms with van der Waals surface area (Å²) >= 11 is 0. The third-order valence-electron chi connectivity index (χ3n) is 6.10. The number of carbonyl (C=O) groups excluding carboxylic acids is 1. The molecule has 7 nitrogen and oxygen atoms in total. The first kappa shape index (κ1) is 17.9. The number of rotatable bonds is 4. The Morgan fingerprint density at radius 1 is 1.31 bits per heavy atom. The Kier molecular flexibility index (Phi) is 3.96. The summed E-state index contributed by atoms with van der Waals surface area (Å²) in [6.07, 6.45) is 2.00. The SMILES string of the molecule is CC(O)c1cc2n(c(=O)c1COC=O)Cc1c-2nc2ccc(N)c3c2c1CCC3. The van der Waals surface area contributed by atoms with Crippen LogP contribution in [0, 0.1) is 0 Å². The highest BCUT2D eigenvalue weighted by atomic mass is 16.5. The van der Waals surface area contributed by atoms with E-state index in [9.17, 15) is 14.7 Å². The lowest BCUT2D eigenvalue weighted by atomic mass is 9.86. The molecule has 3 heterocycles. The van der Waals surface area contributed by atoms with Crippen molar-refractivity contribution in [3.63, 3.8) is 0 Å². The van der Waals surface area contributed by atoms with Crippen LogP contribution in [0.15, 0.2) is 23.0 Å². The molecule has 29 heavy (non-hydrogen) atoms. The van der Waals surface area contributed by atoms with Gasteiger partial charge in [-0.05, 0) is 61.1 Å². The number of carbonyl (C=O) groups is 1. The number of nitrogens with two attached hydrogens (primary N) is 1. The maximum absolute atomic E-state index is 13.2. The average Bonchev–Trinajstić information content (AvgIpc) is 3.09. The van der Waals surface area contributed by atoms with Crippen molar-refractivity contribution in [1.82, 2.24) is 9.55 Å². The standard InChI is InChI=1S/C22H21N3O4/c1-11(27)14-7-19-21-15(8-25(19)22(28)16(14)9-29-10-26)12-3-2-4-13-17(23)5-6-18(24-21)20(12)13/h5-7,10-11,27H,2-4,8-9,23H2,1H3. The summed E-state index contributed by atoms with van der Waals surface area (Å²) in [6.45, 7) is 2.16. The number of aromatic nitrogens is 2. The lowest BCUT2D eigenvalue weighted by Crippen LogP contribution is -2.26. The zero-order valence-electron chi connectivity index (χ0n) is 16.1. The number of nitrogens with zero attached hydrogens (tertiary/aromatic N) is 2. The topological polar surface area (TPSA) is 107 Å². The quantitative estimate of drug-likeness (QED) is 0.408. The number of ether oxygens (including phenoxy) is 1. The van der Waals surface area contributed by atoms with Gasteiger partial charge in [-0.25, -0.2) is 4.98 Å². The second-order valence-corrected chi connectivity index (χ2v) is 7.74. The minimum atomic E-state index is -0.867. The van der Waals surface area contributed by atoms with E-state index in [0.717, 1.165) is 52.7 Å². The summed E-state index contributed by atoms with van der Waals surface area (Å²) in [6, 6.07) is 5.63. The summed E-state index contributed by atoms with van der Waals surface area (Å²) < 4.78 is 6.51. The van der Waals surface area contributed by atoms with E-state index in [1.54, 1.807) is 17.6 Å². The van der Waals surface area contributed by atoms with Gasteiger partial charge in [-0.2, -0.15) is 0 Å². The predicted octanol–water partition coefficient (Wildman–Crippen LogP) is 2.22. The molecule has 2 aliphatic rings. The Labute approximate surface area is 166 Å². The molecule has 0 saturated heterocycles. The molecule has 5 rings (SSSR count). The number of aliphatic hydroxyl groups excluding tert-OH is 1. The molecule has 1 aliphatic carbocycles. The zero-order valence-corrected chi connectivity index (χ0v) is 16.1. The molecule has 1 aromatic carbocycles. The van der Waals surface area contributed by atoms with Crippen LogP contribution in [0.2, 0.25) is 0 Å². The van der Waals surface area contributed by atoms with Gasteiger partial charge in [0.05, 0.1) is 35.1 Å². The van der Waals surface area contributed by atoms with Crippen molar-refractivity contribution in [3.05, 3.63) is 56.4 Å². The fourth-order valence-corrected chi connectivity index (χ4v) is 4.79. The van der Waals surface area contributed by atoms with E-state index in [1.165, 1.54) is 5.56 Å². The van der Waals surface area contributed by atoms with Gasteiger partial charge in [0.1, 0.15) is 6.61 Å². The van der Waals surface area contributed by atoms with Gasteiger partial charge >= 0.3 is 0 Å². The number of benzene rings is 1. The number of hydrogen-bond donors (Lipinski definition) is 2. The largest absolute Gasteiger partial charge is 0.463 e. The molecule has 0 saturated carbocycles. The molecule has 2 aromatic heterocycles. The summed E-state index contributed by atoms with van der Waals surface area (Å²) in [4.78, 5) is 28.7. The van der Waals surface area contributed by atoms with E-state index < -0.39 is 6.10 Å². The van der Waals surface area contributed by atoms with Crippen LogP contribution < -0.4 is 11.3 Å². The first-order valence-corrected chi connectivity index (χ1v) is 9.74. The number of aryl methyl sites for hydroxylation is 2. The van der Waals surface area contributed by atoms with Gasteiger partial charge in [0.2, 0.25) is 0 Å². The monoisotopic (exact) mass is 391 g/mol. The molecule has 3 N–H and O–H groups in total. The highest BCUT2D eigenvalue weighted by Gasteiger charge is 2.30. The third-order valence-corrected chi connectivity index (χ3v) is 6.10. The van der Waals surface area contributed by atoms with Gasteiger partial charge in [0, 0.05) is 16.6 Å². The van der Waals surface area contributed by atoms with Crippen LogP contribution in [-0.4, -0.2) is 21.1 Å². The Morgan fingerprint density at radius 2 is 2.10 bits per heavy atom. The highest BCUT2D eigenvalue weighted by Crippen LogP contribution is 2.41. The van der Waals surface area contributed by atoms with E-state index in [4.69, 9.17) is 15.5 Å². The Bertz CT molecular complexity index is 1240. The Hall–Kier alpha value is -3.19. The van der Waals surface area contributed by atoms with E-state index in [0.29, 0.717) is 29.8 Å². The van der Waals surface area contributed by atoms with E-state index in [-0.39, 0.29) is 12.2 Å². The van der Waals surface area contributed by atoms with Crippen LogP contribution in [-0.2, 0) is 35.5 Å². The van der Waals surface area contributed by atoms with Gasteiger partial charge in [0.15, 0.2) is 0 Å². The molecular formula is C22H21N3O4. The summed E-state index contributed by atoms with van der Waals surface area (Å²) in [7, 11) is 0. The van der Waals surface area contributed by atoms with Gasteiger partial charge in [-0.3, -0.25) is 9.59 Å². The first-order valence-electron chi connectivity index (χ1n) is 9.74. The molecule has 148 valence electrons. The van der Waals surface area contributed by atoms with Crippen molar-refractivity contribution >= 4 is 23.1 Å². The van der Waals surface area contributed by atoms with Crippen molar-refractivity contribution in [3.8, 4) is 11.4 Å². The highest BCUT2D eigenvalue weighted by molar-refractivity contribution is 5.94. The van der Waals surface area contributed by atoms with E-state index in [2.05, 4.69) is 0 Å².